The summed E-state index contributed by atoms with van der Waals surface area (Å²) in [6.45, 7) is 3.15. The summed E-state index contributed by atoms with van der Waals surface area (Å²) >= 11 is 0. The van der Waals surface area contributed by atoms with Gasteiger partial charge in [-0.25, -0.2) is 9.79 Å². The summed E-state index contributed by atoms with van der Waals surface area (Å²) in [7, 11) is 0. The molecule has 1 atom stereocenters. The van der Waals surface area contributed by atoms with Crippen LogP contribution in [0.15, 0.2) is 108 Å². The largest absolute Gasteiger partial charge is 0.474 e. The molecule has 1 unspecified atom stereocenters. The highest BCUT2D eigenvalue weighted by atomic mass is 16.5. The standard InChI is InChI=1S/C30H30N2O3/c33-29(34-22-26-12-6-2-7-13-26)30(23-35-28(31-30)27-14-8-3-9-15-27)20-24-16-18-32(19-17-24)21-25-10-4-1-5-11-25/h1-16H,17-23H2. The number of hydrogen-bond acceptors (Lipinski definition) is 5. The zero-order valence-corrected chi connectivity index (χ0v) is 19.8. The maximum absolute atomic E-state index is 13.4. The Morgan fingerprint density at radius 3 is 2.23 bits per heavy atom. The molecule has 35 heavy (non-hydrogen) atoms. The molecule has 3 aromatic carbocycles. The van der Waals surface area contributed by atoms with E-state index in [4.69, 9.17) is 14.5 Å². The number of aliphatic imine (C=N–C) groups is 1. The van der Waals surface area contributed by atoms with Crippen molar-refractivity contribution in [3.05, 3.63) is 119 Å². The van der Waals surface area contributed by atoms with Crippen LogP contribution in [0.25, 0.3) is 0 Å². The maximum Gasteiger partial charge on any atom is 0.338 e. The highest BCUT2D eigenvalue weighted by molar-refractivity contribution is 5.99. The minimum Gasteiger partial charge on any atom is -0.474 e. The molecule has 0 spiro atoms. The Kier molecular flexibility index (Phi) is 7.05. The second-order valence-corrected chi connectivity index (χ2v) is 9.17. The first-order valence-corrected chi connectivity index (χ1v) is 12.1. The van der Waals surface area contributed by atoms with Gasteiger partial charge in [0.2, 0.25) is 5.90 Å². The summed E-state index contributed by atoms with van der Waals surface area (Å²) in [5.41, 5.74) is 3.31. The molecule has 0 aromatic heterocycles. The normalized spacial score (nSPS) is 20.0. The summed E-state index contributed by atoms with van der Waals surface area (Å²) in [6, 6.07) is 30.0. The van der Waals surface area contributed by atoms with Gasteiger partial charge in [-0.15, -0.1) is 0 Å². The first-order chi connectivity index (χ1) is 17.2. The molecule has 0 amide bonds. The molecule has 5 rings (SSSR count). The summed E-state index contributed by atoms with van der Waals surface area (Å²) in [5, 5.41) is 0. The van der Waals surface area contributed by atoms with E-state index < -0.39 is 5.54 Å². The average molecular weight is 467 g/mol. The third kappa shape index (κ3) is 5.69. The first kappa shape index (κ1) is 23.1. The SMILES string of the molecule is O=C(OCc1ccccc1)C1(CC2=CCN(Cc3ccccc3)CC2)COC(c2ccccc2)=N1. The molecule has 0 saturated carbocycles. The fourth-order valence-corrected chi connectivity index (χ4v) is 4.57. The molecule has 178 valence electrons. The number of ether oxygens (including phenoxy) is 2. The number of hydrogen-bond donors (Lipinski definition) is 0. The Labute approximate surface area is 206 Å². The lowest BCUT2D eigenvalue weighted by Gasteiger charge is -2.29. The number of nitrogens with zero attached hydrogens (tertiary/aromatic N) is 2. The number of carbonyl (C=O) groups is 1. The van der Waals surface area contributed by atoms with E-state index in [1.807, 2.05) is 66.7 Å². The van der Waals surface area contributed by atoms with Gasteiger partial charge in [-0.05, 0) is 29.7 Å². The molecular formula is C30H30N2O3. The van der Waals surface area contributed by atoms with Crippen molar-refractivity contribution in [1.29, 1.82) is 0 Å². The molecule has 0 bridgehead atoms. The van der Waals surface area contributed by atoms with Crippen LogP contribution in [0.2, 0.25) is 0 Å². The predicted octanol–water partition coefficient (Wildman–Crippen LogP) is 5.17. The molecule has 5 nitrogen and oxygen atoms in total. The molecule has 0 N–H and O–H groups in total. The van der Waals surface area contributed by atoms with Crippen molar-refractivity contribution in [2.24, 2.45) is 4.99 Å². The molecular weight excluding hydrogens is 436 g/mol. The Morgan fingerprint density at radius 1 is 0.914 bits per heavy atom. The van der Waals surface area contributed by atoms with Gasteiger partial charge >= 0.3 is 5.97 Å². The van der Waals surface area contributed by atoms with Gasteiger partial charge in [0, 0.05) is 31.6 Å². The summed E-state index contributed by atoms with van der Waals surface area (Å²) in [6.07, 6.45) is 3.65. The topological polar surface area (TPSA) is 51.1 Å². The van der Waals surface area contributed by atoms with E-state index in [0.717, 1.165) is 37.2 Å². The van der Waals surface area contributed by atoms with Gasteiger partial charge in [0.15, 0.2) is 5.54 Å². The monoisotopic (exact) mass is 466 g/mol. The number of carbonyl (C=O) groups excluding carboxylic acids is 1. The first-order valence-electron chi connectivity index (χ1n) is 12.1. The molecule has 2 heterocycles. The molecule has 2 aliphatic heterocycles. The fourth-order valence-electron chi connectivity index (χ4n) is 4.57. The third-order valence-corrected chi connectivity index (χ3v) is 6.53. The second-order valence-electron chi connectivity index (χ2n) is 9.17. The zero-order chi connectivity index (χ0) is 23.9. The van der Waals surface area contributed by atoms with Gasteiger partial charge in [0.25, 0.3) is 0 Å². The van der Waals surface area contributed by atoms with E-state index in [1.54, 1.807) is 0 Å². The van der Waals surface area contributed by atoms with E-state index in [2.05, 4.69) is 35.2 Å². The van der Waals surface area contributed by atoms with Gasteiger partial charge in [-0.1, -0.05) is 90.5 Å². The molecule has 0 aliphatic carbocycles. The van der Waals surface area contributed by atoms with Crippen molar-refractivity contribution in [3.8, 4) is 0 Å². The molecule has 5 heteroatoms. The van der Waals surface area contributed by atoms with Gasteiger partial charge in [0.1, 0.15) is 13.2 Å². The summed E-state index contributed by atoms with van der Waals surface area (Å²) in [4.78, 5) is 20.7. The molecule has 0 radical (unpaired) electrons. The van der Waals surface area contributed by atoms with E-state index in [1.165, 1.54) is 11.1 Å². The molecule has 0 saturated heterocycles. The van der Waals surface area contributed by atoms with Gasteiger partial charge in [-0.3, -0.25) is 4.90 Å². The van der Waals surface area contributed by atoms with E-state index >= 15 is 0 Å². The van der Waals surface area contributed by atoms with Gasteiger partial charge < -0.3 is 9.47 Å². The van der Waals surface area contributed by atoms with Crippen molar-refractivity contribution in [1.82, 2.24) is 4.90 Å². The number of rotatable bonds is 8. The van der Waals surface area contributed by atoms with Crippen molar-refractivity contribution in [2.75, 3.05) is 19.7 Å². The van der Waals surface area contributed by atoms with E-state index in [9.17, 15) is 4.79 Å². The van der Waals surface area contributed by atoms with Crippen LogP contribution in [0.1, 0.15) is 29.5 Å². The summed E-state index contributed by atoms with van der Waals surface area (Å²) < 4.78 is 11.8. The van der Waals surface area contributed by atoms with Crippen LogP contribution in [0.4, 0.5) is 0 Å². The van der Waals surface area contributed by atoms with Gasteiger partial charge in [-0.2, -0.15) is 0 Å². The Hall–Kier alpha value is -3.70. The van der Waals surface area contributed by atoms with E-state index in [-0.39, 0.29) is 19.2 Å². The van der Waals surface area contributed by atoms with E-state index in [0.29, 0.717) is 12.3 Å². The Bertz CT molecular complexity index is 1190. The van der Waals surface area contributed by atoms with Crippen molar-refractivity contribution >= 4 is 11.9 Å². The highest BCUT2D eigenvalue weighted by Crippen LogP contribution is 2.33. The average Bonchev–Trinajstić information content (AvgIpc) is 3.35. The number of esters is 1. The highest BCUT2D eigenvalue weighted by Gasteiger charge is 2.46. The predicted molar refractivity (Wildman–Crippen MR) is 137 cm³/mol. The van der Waals surface area contributed by atoms with Crippen LogP contribution >= 0.6 is 0 Å². The lowest BCUT2D eigenvalue weighted by Crippen LogP contribution is -2.41. The van der Waals surface area contributed by atoms with Crippen LogP contribution in [-0.4, -0.2) is 42.0 Å². The lowest BCUT2D eigenvalue weighted by atomic mass is 9.89. The minimum atomic E-state index is -1.06. The maximum atomic E-state index is 13.4. The van der Waals surface area contributed by atoms with Crippen LogP contribution < -0.4 is 0 Å². The van der Waals surface area contributed by atoms with Crippen molar-refractivity contribution in [3.63, 3.8) is 0 Å². The van der Waals surface area contributed by atoms with Crippen LogP contribution in [0.5, 0.6) is 0 Å². The smallest absolute Gasteiger partial charge is 0.338 e. The van der Waals surface area contributed by atoms with Gasteiger partial charge in [0.05, 0.1) is 0 Å². The van der Waals surface area contributed by atoms with Crippen LogP contribution in [0, 0.1) is 0 Å². The van der Waals surface area contributed by atoms with Crippen LogP contribution in [-0.2, 0) is 27.4 Å². The van der Waals surface area contributed by atoms with Crippen molar-refractivity contribution in [2.45, 2.75) is 31.5 Å². The van der Waals surface area contributed by atoms with Crippen LogP contribution in [0.3, 0.4) is 0 Å². The lowest BCUT2D eigenvalue weighted by molar-refractivity contribution is -0.151. The molecule has 3 aromatic rings. The summed E-state index contributed by atoms with van der Waals surface area (Å²) in [5.74, 6) is 0.171. The Morgan fingerprint density at radius 2 is 1.57 bits per heavy atom. The number of benzene rings is 3. The fraction of sp³-hybridized carbons (Fsp3) is 0.267. The quantitative estimate of drug-likeness (QED) is 0.340. The zero-order valence-electron chi connectivity index (χ0n) is 19.8. The Balaban J connectivity index is 1.32. The minimum absolute atomic E-state index is 0.190. The molecule has 0 fully saturated rings. The molecule has 2 aliphatic rings. The second kappa shape index (κ2) is 10.7. The van der Waals surface area contributed by atoms with Crippen molar-refractivity contribution < 1.29 is 14.3 Å². The third-order valence-electron chi connectivity index (χ3n) is 6.53.